The Morgan fingerprint density at radius 1 is 1.23 bits per heavy atom. The van der Waals surface area contributed by atoms with E-state index in [9.17, 15) is 4.39 Å². The number of anilines is 2. The van der Waals surface area contributed by atoms with Gasteiger partial charge >= 0.3 is 0 Å². The third-order valence-electron chi connectivity index (χ3n) is 4.23. The fraction of sp³-hybridized carbons (Fsp3) is 0.167. The molecule has 0 aliphatic carbocycles. The van der Waals surface area contributed by atoms with Crippen molar-refractivity contribution < 1.29 is 9.13 Å². The van der Waals surface area contributed by atoms with E-state index in [2.05, 4.69) is 25.6 Å². The van der Waals surface area contributed by atoms with E-state index >= 15 is 0 Å². The Morgan fingerprint density at radius 2 is 2.08 bits per heavy atom. The van der Waals surface area contributed by atoms with Gasteiger partial charge in [0.05, 0.1) is 29.9 Å². The van der Waals surface area contributed by atoms with Crippen LogP contribution < -0.4 is 10.1 Å². The van der Waals surface area contributed by atoms with Crippen molar-refractivity contribution in [1.29, 1.82) is 0 Å². The van der Waals surface area contributed by atoms with Crippen molar-refractivity contribution in [2.45, 2.75) is 6.92 Å². The number of aryl methyl sites for hydroxylation is 2. The summed E-state index contributed by atoms with van der Waals surface area (Å²) in [6.45, 7) is 1.97. The molecular weight excluding hydrogens is 335 g/mol. The molecule has 2 aromatic heterocycles. The zero-order valence-corrected chi connectivity index (χ0v) is 14.5. The second-order valence-corrected chi connectivity index (χ2v) is 5.95. The molecular formula is C18H17FN6O. The summed E-state index contributed by atoms with van der Waals surface area (Å²) in [7, 11) is 3.37. The van der Waals surface area contributed by atoms with Crippen LogP contribution in [-0.2, 0) is 7.05 Å². The van der Waals surface area contributed by atoms with Crippen molar-refractivity contribution in [3.05, 3.63) is 47.9 Å². The first-order chi connectivity index (χ1) is 12.6. The van der Waals surface area contributed by atoms with Crippen LogP contribution in [0.1, 0.15) is 5.56 Å². The number of nitrogens with one attached hydrogen (secondary N) is 2. The van der Waals surface area contributed by atoms with E-state index in [4.69, 9.17) is 4.74 Å². The quantitative estimate of drug-likeness (QED) is 0.587. The van der Waals surface area contributed by atoms with Crippen LogP contribution in [0, 0.1) is 12.7 Å². The molecule has 0 radical (unpaired) electrons. The highest BCUT2D eigenvalue weighted by molar-refractivity contribution is 5.83. The molecule has 4 aromatic rings. The minimum absolute atomic E-state index is 0.308. The van der Waals surface area contributed by atoms with E-state index in [0.717, 1.165) is 16.9 Å². The molecule has 0 bridgehead atoms. The number of aromatic nitrogens is 5. The number of halogens is 1. The van der Waals surface area contributed by atoms with Crippen LogP contribution in [0.4, 0.5) is 16.0 Å². The number of methoxy groups -OCH3 is 1. The molecule has 2 aromatic carbocycles. The van der Waals surface area contributed by atoms with Gasteiger partial charge in [0.15, 0.2) is 11.6 Å². The minimum atomic E-state index is -0.391. The number of H-pyrrole nitrogens is 1. The second kappa shape index (κ2) is 6.14. The minimum Gasteiger partial charge on any atom is -0.496 e. The van der Waals surface area contributed by atoms with E-state index in [-0.39, 0.29) is 0 Å². The number of nitrogens with zero attached hydrogens (tertiary/aromatic N) is 4. The molecule has 26 heavy (non-hydrogen) atoms. The number of hydrogen-bond donors (Lipinski definition) is 2. The van der Waals surface area contributed by atoms with Gasteiger partial charge in [-0.2, -0.15) is 10.1 Å². The van der Waals surface area contributed by atoms with Gasteiger partial charge in [0.1, 0.15) is 5.75 Å². The van der Waals surface area contributed by atoms with Crippen LogP contribution in [-0.4, -0.2) is 32.1 Å². The summed E-state index contributed by atoms with van der Waals surface area (Å²) >= 11 is 0. The first-order valence-electron chi connectivity index (χ1n) is 8.01. The van der Waals surface area contributed by atoms with Crippen LogP contribution in [0.15, 0.2) is 36.5 Å². The van der Waals surface area contributed by atoms with Crippen LogP contribution in [0.5, 0.6) is 5.75 Å². The Labute approximate surface area is 148 Å². The Kier molecular flexibility index (Phi) is 3.80. The van der Waals surface area contributed by atoms with Gasteiger partial charge in [0.2, 0.25) is 5.95 Å². The molecule has 2 heterocycles. The van der Waals surface area contributed by atoms with Gasteiger partial charge in [-0.1, -0.05) is 12.1 Å². The van der Waals surface area contributed by atoms with Gasteiger partial charge in [0.25, 0.3) is 0 Å². The average molecular weight is 352 g/mol. The van der Waals surface area contributed by atoms with Crippen LogP contribution in [0.2, 0.25) is 0 Å². The molecule has 0 atom stereocenters. The zero-order valence-electron chi connectivity index (χ0n) is 14.5. The molecule has 0 saturated heterocycles. The molecule has 4 rings (SSSR count). The van der Waals surface area contributed by atoms with E-state index in [0.29, 0.717) is 28.4 Å². The van der Waals surface area contributed by atoms with Crippen molar-refractivity contribution in [3.63, 3.8) is 0 Å². The monoisotopic (exact) mass is 352 g/mol. The Bertz CT molecular complexity index is 1100. The van der Waals surface area contributed by atoms with Gasteiger partial charge < -0.3 is 10.1 Å². The van der Waals surface area contributed by atoms with E-state index in [1.807, 2.05) is 25.1 Å². The van der Waals surface area contributed by atoms with Gasteiger partial charge in [0, 0.05) is 12.6 Å². The maximum absolute atomic E-state index is 14.6. The highest BCUT2D eigenvalue weighted by Crippen LogP contribution is 2.28. The van der Waals surface area contributed by atoms with Crippen molar-refractivity contribution in [2.75, 3.05) is 12.4 Å². The fourth-order valence-electron chi connectivity index (χ4n) is 2.77. The van der Waals surface area contributed by atoms with E-state index < -0.39 is 5.82 Å². The molecule has 2 N–H and O–H groups in total. The maximum Gasteiger partial charge on any atom is 0.226 e. The molecule has 0 fully saturated rings. The highest BCUT2D eigenvalue weighted by atomic mass is 19.1. The molecule has 0 aliphatic heterocycles. The number of ether oxygens (including phenoxy) is 1. The lowest BCUT2D eigenvalue weighted by Crippen LogP contribution is -2.01. The summed E-state index contributed by atoms with van der Waals surface area (Å²) in [6, 6.07) is 9.15. The molecule has 0 aliphatic rings. The lowest BCUT2D eigenvalue weighted by Gasteiger charge is -2.06. The summed E-state index contributed by atoms with van der Waals surface area (Å²) in [5.41, 5.74) is 2.80. The lowest BCUT2D eigenvalue weighted by atomic mass is 10.1. The number of hydrogen-bond acceptors (Lipinski definition) is 5. The first kappa shape index (κ1) is 16.1. The predicted octanol–water partition coefficient (Wildman–Crippen LogP) is 3.56. The van der Waals surface area contributed by atoms with Gasteiger partial charge in [-0.15, -0.1) is 5.10 Å². The summed E-state index contributed by atoms with van der Waals surface area (Å²) in [4.78, 5) is 4.48. The fourth-order valence-corrected chi connectivity index (χ4v) is 2.77. The van der Waals surface area contributed by atoms with E-state index in [1.54, 1.807) is 31.0 Å². The highest BCUT2D eigenvalue weighted by Gasteiger charge is 2.14. The summed E-state index contributed by atoms with van der Waals surface area (Å²) < 4.78 is 21.5. The average Bonchev–Trinajstić information content (AvgIpc) is 3.25. The third kappa shape index (κ3) is 2.65. The largest absolute Gasteiger partial charge is 0.496 e. The molecule has 0 unspecified atom stereocenters. The smallest absolute Gasteiger partial charge is 0.226 e. The van der Waals surface area contributed by atoms with Crippen molar-refractivity contribution in [1.82, 2.24) is 25.0 Å². The summed E-state index contributed by atoms with van der Waals surface area (Å²) in [5, 5.41) is 14.4. The van der Waals surface area contributed by atoms with Crippen molar-refractivity contribution in [3.8, 4) is 17.1 Å². The van der Waals surface area contributed by atoms with Crippen molar-refractivity contribution in [2.24, 2.45) is 7.05 Å². The molecule has 7 nitrogen and oxygen atoms in total. The first-order valence-corrected chi connectivity index (χ1v) is 8.01. The molecule has 8 heteroatoms. The SMILES string of the molecule is COc1cc(-c2nc(Nc3ccc4[nH]ncc4c3F)n(C)n2)ccc1C. The normalized spacial score (nSPS) is 11.1. The topological polar surface area (TPSA) is 80.6 Å². The molecule has 132 valence electrons. The molecule has 0 spiro atoms. The standard InChI is InChI=1S/C18H17FN6O/c1-10-4-5-11(8-15(10)26-3)17-22-18(25(2)24-17)21-14-7-6-13-12(16(14)19)9-20-23-13/h4-9H,1-3H3,(H,20,23)(H,21,22,24). The maximum atomic E-state index is 14.6. The summed E-state index contributed by atoms with van der Waals surface area (Å²) in [6.07, 6.45) is 1.45. The second-order valence-electron chi connectivity index (χ2n) is 5.95. The molecule has 0 saturated carbocycles. The molecule has 0 amide bonds. The van der Waals surface area contributed by atoms with Gasteiger partial charge in [-0.05, 0) is 30.7 Å². The Balaban J connectivity index is 1.69. The predicted molar refractivity (Wildman–Crippen MR) is 97.1 cm³/mol. The lowest BCUT2D eigenvalue weighted by molar-refractivity contribution is 0.412. The van der Waals surface area contributed by atoms with Gasteiger partial charge in [-0.25, -0.2) is 9.07 Å². The van der Waals surface area contributed by atoms with Crippen LogP contribution in [0.3, 0.4) is 0 Å². The zero-order chi connectivity index (χ0) is 18.3. The third-order valence-corrected chi connectivity index (χ3v) is 4.23. The summed E-state index contributed by atoms with van der Waals surface area (Å²) in [5.74, 6) is 1.33. The van der Waals surface area contributed by atoms with Crippen LogP contribution >= 0.6 is 0 Å². The Hall–Kier alpha value is -3.42. The van der Waals surface area contributed by atoms with E-state index in [1.165, 1.54) is 6.20 Å². The van der Waals surface area contributed by atoms with Gasteiger partial charge in [-0.3, -0.25) is 5.10 Å². The van der Waals surface area contributed by atoms with Crippen molar-refractivity contribution >= 4 is 22.5 Å². The number of benzene rings is 2. The number of fused-ring (bicyclic) bond motifs is 1. The van der Waals surface area contributed by atoms with Crippen LogP contribution in [0.25, 0.3) is 22.3 Å². The number of rotatable bonds is 4. The number of aromatic amines is 1. The Morgan fingerprint density at radius 3 is 2.88 bits per heavy atom.